The number of methoxy groups -OCH3 is 1. The van der Waals surface area contributed by atoms with E-state index in [4.69, 9.17) is 14.6 Å². The summed E-state index contributed by atoms with van der Waals surface area (Å²) in [5, 5.41) is 14.5. The molecule has 0 spiro atoms. The fraction of sp³-hybridized carbons (Fsp3) is 0.333. The first-order chi connectivity index (χ1) is 14.6. The SMILES string of the molecule is COc1cccc(-c2ncn([C@@H]3CCCCNC3=O)c2-c2ccn(C)n2)c1.O=CO. The molecule has 1 fully saturated rings. The molecule has 4 rings (SSSR count). The third kappa shape index (κ3) is 4.51. The first kappa shape index (κ1) is 21.1. The van der Waals surface area contributed by atoms with Crippen LogP contribution in [0.2, 0.25) is 0 Å². The van der Waals surface area contributed by atoms with E-state index in [2.05, 4.69) is 15.4 Å². The Hall–Kier alpha value is -3.62. The number of nitrogens with one attached hydrogen (secondary N) is 1. The Balaban J connectivity index is 0.000000806. The molecule has 0 aliphatic carbocycles. The average molecular weight is 411 g/mol. The summed E-state index contributed by atoms with van der Waals surface area (Å²) >= 11 is 0. The van der Waals surface area contributed by atoms with Crippen molar-refractivity contribution >= 4 is 12.4 Å². The van der Waals surface area contributed by atoms with Crippen molar-refractivity contribution in [3.63, 3.8) is 0 Å². The molecule has 0 radical (unpaired) electrons. The Morgan fingerprint density at radius 2 is 2.10 bits per heavy atom. The smallest absolute Gasteiger partial charge is 0.290 e. The number of benzene rings is 1. The molecule has 2 N–H and O–H groups in total. The number of aromatic nitrogens is 4. The topological polar surface area (TPSA) is 111 Å². The molecule has 1 saturated heterocycles. The third-order valence-electron chi connectivity index (χ3n) is 4.94. The van der Waals surface area contributed by atoms with Crippen molar-refractivity contribution in [1.82, 2.24) is 24.6 Å². The maximum Gasteiger partial charge on any atom is 0.290 e. The molecule has 158 valence electrons. The van der Waals surface area contributed by atoms with Gasteiger partial charge in [0.2, 0.25) is 5.91 Å². The molecular formula is C21H25N5O4. The van der Waals surface area contributed by atoms with E-state index in [-0.39, 0.29) is 18.4 Å². The van der Waals surface area contributed by atoms with E-state index in [0.29, 0.717) is 0 Å². The second-order valence-corrected chi connectivity index (χ2v) is 6.86. The van der Waals surface area contributed by atoms with Gasteiger partial charge < -0.3 is 19.7 Å². The minimum Gasteiger partial charge on any atom is -0.497 e. The van der Waals surface area contributed by atoms with Gasteiger partial charge in [0, 0.05) is 25.4 Å². The number of nitrogens with zero attached hydrogens (tertiary/aromatic N) is 4. The average Bonchev–Trinajstić information content (AvgIpc) is 3.31. The maximum atomic E-state index is 12.6. The second-order valence-electron chi connectivity index (χ2n) is 6.86. The number of hydrogen-bond donors (Lipinski definition) is 2. The lowest BCUT2D eigenvalue weighted by Gasteiger charge is -2.18. The molecule has 0 bridgehead atoms. The van der Waals surface area contributed by atoms with E-state index in [9.17, 15) is 4.79 Å². The molecule has 30 heavy (non-hydrogen) atoms. The number of carbonyl (C=O) groups excluding carboxylic acids is 1. The highest BCUT2D eigenvalue weighted by Crippen LogP contribution is 2.35. The van der Waals surface area contributed by atoms with Crippen LogP contribution in [0.25, 0.3) is 22.6 Å². The summed E-state index contributed by atoms with van der Waals surface area (Å²) in [6.07, 6.45) is 6.44. The fourth-order valence-corrected chi connectivity index (χ4v) is 3.56. The lowest BCUT2D eigenvalue weighted by molar-refractivity contribution is -0.124. The molecule has 9 nitrogen and oxygen atoms in total. The number of hydrogen-bond acceptors (Lipinski definition) is 5. The quantitative estimate of drug-likeness (QED) is 0.638. The molecule has 3 heterocycles. The van der Waals surface area contributed by atoms with Crippen LogP contribution in [0.1, 0.15) is 25.3 Å². The molecule has 9 heteroatoms. The van der Waals surface area contributed by atoms with Crippen LogP contribution in [0.4, 0.5) is 0 Å². The molecule has 2 aromatic heterocycles. The van der Waals surface area contributed by atoms with Gasteiger partial charge in [-0.2, -0.15) is 5.10 Å². The summed E-state index contributed by atoms with van der Waals surface area (Å²) < 4.78 is 9.09. The van der Waals surface area contributed by atoms with Crippen molar-refractivity contribution in [1.29, 1.82) is 0 Å². The number of carboxylic acid groups (broad SMARTS) is 1. The molecule has 1 aromatic carbocycles. The van der Waals surface area contributed by atoms with Crippen molar-refractivity contribution in [2.45, 2.75) is 25.3 Å². The van der Waals surface area contributed by atoms with Gasteiger partial charge in [-0.1, -0.05) is 12.1 Å². The van der Waals surface area contributed by atoms with E-state index >= 15 is 0 Å². The number of carbonyl (C=O) groups is 2. The minimum atomic E-state index is -0.281. The zero-order valence-electron chi connectivity index (χ0n) is 17.0. The Bertz CT molecular complexity index is 1010. The van der Waals surface area contributed by atoms with Crippen LogP contribution in [0.3, 0.4) is 0 Å². The third-order valence-corrected chi connectivity index (χ3v) is 4.94. The van der Waals surface area contributed by atoms with E-state index < -0.39 is 0 Å². The van der Waals surface area contributed by atoms with E-state index in [1.165, 1.54) is 0 Å². The van der Waals surface area contributed by atoms with Crippen LogP contribution in [0, 0.1) is 0 Å². The first-order valence-electron chi connectivity index (χ1n) is 9.66. The maximum absolute atomic E-state index is 12.6. The van der Waals surface area contributed by atoms with Gasteiger partial charge in [-0.3, -0.25) is 14.3 Å². The zero-order valence-corrected chi connectivity index (χ0v) is 17.0. The summed E-state index contributed by atoms with van der Waals surface area (Å²) in [6, 6.07) is 9.46. The summed E-state index contributed by atoms with van der Waals surface area (Å²) in [7, 11) is 3.53. The lowest BCUT2D eigenvalue weighted by atomic mass is 10.1. The van der Waals surface area contributed by atoms with Gasteiger partial charge in [0.25, 0.3) is 6.47 Å². The van der Waals surface area contributed by atoms with Crippen molar-refractivity contribution in [3.8, 4) is 28.4 Å². The van der Waals surface area contributed by atoms with Crippen LogP contribution in [-0.4, -0.2) is 50.5 Å². The van der Waals surface area contributed by atoms with Crippen LogP contribution in [0.5, 0.6) is 5.75 Å². The molecule has 3 aromatic rings. The molecule has 1 amide bonds. The highest BCUT2D eigenvalue weighted by Gasteiger charge is 2.28. The van der Waals surface area contributed by atoms with Gasteiger partial charge in [-0.15, -0.1) is 0 Å². The van der Waals surface area contributed by atoms with Crippen molar-refractivity contribution in [3.05, 3.63) is 42.9 Å². The molecular weight excluding hydrogens is 386 g/mol. The van der Waals surface area contributed by atoms with Gasteiger partial charge in [0.15, 0.2) is 0 Å². The minimum absolute atomic E-state index is 0.0410. The number of amides is 1. The summed E-state index contributed by atoms with van der Waals surface area (Å²) in [5.74, 6) is 0.806. The van der Waals surface area contributed by atoms with Crippen molar-refractivity contribution in [2.24, 2.45) is 7.05 Å². The van der Waals surface area contributed by atoms with Gasteiger partial charge in [-0.25, -0.2) is 4.98 Å². The highest BCUT2D eigenvalue weighted by atomic mass is 16.5. The van der Waals surface area contributed by atoms with E-state index in [0.717, 1.165) is 54.2 Å². The van der Waals surface area contributed by atoms with Gasteiger partial charge in [-0.05, 0) is 37.5 Å². The molecule has 0 unspecified atom stereocenters. The van der Waals surface area contributed by atoms with Crippen LogP contribution < -0.4 is 10.1 Å². The summed E-state index contributed by atoms with van der Waals surface area (Å²) in [6.45, 7) is 0.478. The summed E-state index contributed by atoms with van der Waals surface area (Å²) in [5.41, 5.74) is 3.38. The number of imidazole rings is 1. The van der Waals surface area contributed by atoms with E-state index in [1.807, 2.05) is 48.1 Å². The number of ether oxygens (including phenoxy) is 1. The molecule has 0 saturated carbocycles. The number of rotatable bonds is 4. The van der Waals surface area contributed by atoms with Gasteiger partial charge >= 0.3 is 0 Å². The molecule has 1 aliphatic heterocycles. The van der Waals surface area contributed by atoms with Gasteiger partial charge in [0.05, 0.1) is 24.8 Å². The Morgan fingerprint density at radius 1 is 1.30 bits per heavy atom. The predicted octanol–water partition coefficient (Wildman–Crippen LogP) is 2.50. The van der Waals surface area contributed by atoms with E-state index in [1.54, 1.807) is 18.1 Å². The Morgan fingerprint density at radius 3 is 2.80 bits per heavy atom. The fourth-order valence-electron chi connectivity index (χ4n) is 3.56. The monoisotopic (exact) mass is 411 g/mol. The van der Waals surface area contributed by atoms with Crippen molar-refractivity contribution in [2.75, 3.05) is 13.7 Å². The standard InChI is InChI=1S/C20H23N5O2.CH2O2/c1-24-11-9-16(23-24)19-18(14-6-5-7-15(12-14)27-2)22-13-25(19)17-8-3-4-10-21-20(17)26;2-1-3/h5-7,9,11-13,17H,3-4,8,10H2,1-2H3,(H,21,26);1H,(H,2,3)/t17-;/m1./s1. The van der Waals surface area contributed by atoms with Crippen LogP contribution in [0.15, 0.2) is 42.9 Å². The normalized spacial score (nSPS) is 16.1. The summed E-state index contributed by atoms with van der Waals surface area (Å²) in [4.78, 5) is 25.7. The Kier molecular flexibility index (Phi) is 6.84. The van der Waals surface area contributed by atoms with Crippen molar-refractivity contribution < 1.29 is 19.4 Å². The first-order valence-corrected chi connectivity index (χ1v) is 9.66. The predicted molar refractivity (Wildman–Crippen MR) is 111 cm³/mol. The molecule has 1 aliphatic rings. The van der Waals surface area contributed by atoms with Crippen LogP contribution in [-0.2, 0) is 16.6 Å². The largest absolute Gasteiger partial charge is 0.497 e. The number of aryl methyl sites for hydroxylation is 1. The highest BCUT2D eigenvalue weighted by molar-refractivity contribution is 5.83. The lowest BCUT2D eigenvalue weighted by Crippen LogP contribution is -2.30. The Labute approximate surface area is 174 Å². The zero-order chi connectivity index (χ0) is 21.5. The van der Waals surface area contributed by atoms with Gasteiger partial charge in [0.1, 0.15) is 17.5 Å². The molecule has 1 atom stereocenters. The second kappa shape index (κ2) is 9.73. The van der Waals surface area contributed by atoms with Crippen LogP contribution >= 0.6 is 0 Å².